The molecule has 1 saturated carbocycles. The Labute approximate surface area is 222 Å². The smallest absolute Gasteiger partial charge is 0.245 e. The van der Waals surface area contributed by atoms with Gasteiger partial charge in [-0.3, -0.25) is 4.57 Å². The minimum atomic E-state index is -4.02. The summed E-state index contributed by atoms with van der Waals surface area (Å²) < 4.78 is 72.1. The first-order chi connectivity index (χ1) is 18.1. The number of hydrogen-bond donors (Lipinski definition) is 0. The van der Waals surface area contributed by atoms with Gasteiger partial charge in [0.25, 0.3) is 0 Å². The second kappa shape index (κ2) is 11.4. The molecule has 0 spiro atoms. The standard InChI is InChI=1S/C22H26ClF2N7O5S/c1-11(17(35-2)19-26-7-12(23)8-27-19)38(33,34)9-15-30-31-20(14-6-5-13(14)18(24)25)32(15)16-21(36-3)28-10-29-22(16)37-4/h7-8,10-11,13-14,17-18H,5-6,9H2,1-4H3/t11-,13+,14-,17-/m0/s1. The predicted molar refractivity (Wildman–Crippen MR) is 130 cm³/mol. The average Bonchev–Trinajstić information content (AvgIpc) is 3.25. The summed E-state index contributed by atoms with van der Waals surface area (Å²) >= 11 is 5.86. The van der Waals surface area contributed by atoms with Gasteiger partial charge in [-0.2, -0.15) is 9.97 Å². The van der Waals surface area contributed by atoms with Crippen LogP contribution in [0.15, 0.2) is 18.7 Å². The Balaban J connectivity index is 1.79. The molecule has 3 aromatic rings. The molecule has 3 aromatic heterocycles. The Morgan fingerprint density at radius 3 is 2.18 bits per heavy atom. The molecule has 0 radical (unpaired) electrons. The maximum atomic E-state index is 13.7. The molecule has 4 rings (SSSR count). The topological polar surface area (TPSA) is 144 Å². The van der Waals surface area contributed by atoms with E-state index in [1.54, 1.807) is 0 Å². The van der Waals surface area contributed by atoms with Crippen LogP contribution in [-0.2, 0) is 20.3 Å². The van der Waals surface area contributed by atoms with Crippen molar-refractivity contribution in [3.8, 4) is 17.4 Å². The van der Waals surface area contributed by atoms with Crippen molar-refractivity contribution < 1.29 is 31.4 Å². The number of methoxy groups -OCH3 is 3. The number of rotatable bonds is 11. The molecule has 206 valence electrons. The Bertz CT molecular complexity index is 1350. The number of nitrogens with zero attached hydrogens (tertiary/aromatic N) is 7. The first-order valence-electron chi connectivity index (χ1n) is 11.5. The van der Waals surface area contributed by atoms with Crippen LogP contribution in [0.25, 0.3) is 5.69 Å². The van der Waals surface area contributed by atoms with E-state index in [9.17, 15) is 17.2 Å². The van der Waals surface area contributed by atoms with Crippen molar-refractivity contribution in [1.82, 2.24) is 34.7 Å². The summed E-state index contributed by atoms with van der Waals surface area (Å²) in [4.78, 5) is 16.3. The predicted octanol–water partition coefficient (Wildman–Crippen LogP) is 2.97. The third-order valence-corrected chi connectivity index (χ3v) is 8.81. The molecular weight excluding hydrogens is 548 g/mol. The second-order valence-corrected chi connectivity index (χ2v) is 11.5. The highest BCUT2D eigenvalue weighted by atomic mass is 35.5. The van der Waals surface area contributed by atoms with E-state index in [-0.39, 0.29) is 39.9 Å². The molecule has 0 unspecified atom stereocenters. The molecule has 3 heterocycles. The van der Waals surface area contributed by atoms with Crippen LogP contribution >= 0.6 is 11.6 Å². The van der Waals surface area contributed by atoms with Crippen LogP contribution in [0.5, 0.6) is 11.8 Å². The molecule has 0 bridgehead atoms. The minimum Gasteiger partial charge on any atom is -0.479 e. The molecule has 0 saturated heterocycles. The van der Waals surface area contributed by atoms with Gasteiger partial charge >= 0.3 is 0 Å². The van der Waals surface area contributed by atoms with Crippen molar-refractivity contribution in [2.45, 2.75) is 49.2 Å². The van der Waals surface area contributed by atoms with E-state index in [1.807, 2.05) is 0 Å². The number of alkyl halides is 2. The maximum Gasteiger partial charge on any atom is 0.245 e. The van der Waals surface area contributed by atoms with Crippen molar-refractivity contribution in [3.63, 3.8) is 0 Å². The molecule has 0 aliphatic heterocycles. The minimum absolute atomic E-state index is 0.0295. The molecule has 12 nitrogen and oxygen atoms in total. The van der Waals surface area contributed by atoms with E-state index in [0.717, 1.165) is 0 Å². The molecule has 38 heavy (non-hydrogen) atoms. The SMILES string of the molecule is COc1ncnc(OC)c1-n1c(CS(=O)(=O)[C@@H](C)[C@H](OC)c2ncc(Cl)cn2)nnc1[C@H]1CC[C@H]1C(F)F. The summed E-state index contributed by atoms with van der Waals surface area (Å²) in [6.07, 6.45) is 0.999. The zero-order valence-corrected chi connectivity index (χ0v) is 22.5. The molecular formula is C22H26ClF2N7O5S. The third-order valence-electron chi connectivity index (χ3n) is 6.58. The zero-order chi connectivity index (χ0) is 27.6. The molecule has 0 amide bonds. The van der Waals surface area contributed by atoms with Crippen LogP contribution < -0.4 is 9.47 Å². The highest BCUT2D eigenvalue weighted by Crippen LogP contribution is 2.47. The largest absolute Gasteiger partial charge is 0.479 e. The molecule has 1 aliphatic rings. The van der Waals surface area contributed by atoms with Crippen LogP contribution in [0.3, 0.4) is 0 Å². The summed E-state index contributed by atoms with van der Waals surface area (Å²) in [5.41, 5.74) is 0.111. The molecule has 4 atom stereocenters. The lowest BCUT2D eigenvalue weighted by molar-refractivity contribution is 0.0138. The Morgan fingerprint density at radius 2 is 1.68 bits per heavy atom. The summed E-state index contributed by atoms with van der Waals surface area (Å²) in [6.45, 7) is 1.45. The highest BCUT2D eigenvalue weighted by molar-refractivity contribution is 7.91. The van der Waals surface area contributed by atoms with Crippen LogP contribution in [0.1, 0.15) is 49.3 Å². The molecule has 0 aromatic carbocycles. The van der Waals surface area contributed by atoms with Gasteiger partial charge in [-0.25, -0.2) is 27.2 Å². The van der Waals surface area contributed by atoms with Crippen molar-refractivity contribution >= 4 is 21.4 Å². The van der Waals surface area contributed by atoms with Gasteiger partial charge in [0.05, 0.1) is 24.5 Å². The van der Waals surface area contributed by atoms with Crippen molar-refractivity contribution in [3.05, 3.63) is 41.2 Å². The van der Waals surface area contributed by atoms with E-state index >= 15 is 0 Å². The second-order valence-electron chi connectivity index (χ2n) is 8.66. The van der Waals surface area contributed by atoms with E-state index < -0.39 is 45.2 Å². The maximum absolute atomic E-state index is 13.7. The van der Waals surface area contributed by atoms with Gasteiger partial charge in [0.15, 0.2) is 27.2 Å². The normalized spacial score (nSPS) is 19.2. The van der Waals surface area contributed by atoms with Crippen LogP contribution in [-0.4, -0.2) is 76.1 Å². The number of aromatic nitrogens is 7. The number of halogens is 3. The van der Waals surface area contributed by atoms with Gasteiger partial charge in [-0.05, 0) is 19.8 Å². The van der Waals surface area contributed by atoms with Crippen molar-refractivity contribution in [2.24, 2.45) is 5.92 Å². The lowest BCUT2D eigenvalue weighted by Gasteiger charge is -2.35. The van der Waals surface area contributed by atoms with Gasteiger partial charge in [-0.15, -0.1) is 10.2 Å². The Hall–Kier alpha value is -3.04. The van der Waals surface area contributed by atoms with Gasteiger partial charge in [0.2, 0.25) is 18.2 Å². The first kappa shape index (κ1) is 28.0. The molecule has 0 N–H and O–H groups in total. The summed E-state index contributed by atoms with van der Waals surface area (Å²) in [6, 6.07) is 0. The fraction of sp³-hybridized carbons (Fsp3) is 0.545. The zero-order valence-electron chi connectivity index (χ0n) is 21.0. The van der Waals surface area contributed by atoms with E-state index in [0.29, 0.717) is 12.8 Å². The summed E-state index contributed by atoms with van der Waals surface area (Å²) in [5.74, 6) is -1.96. The van der Waals surface area contributed by atoms with Gasteiger partial charge in [0, 0.05) is 31.3 Å². The van der Waals surface area contributed by atoms with Gasteiger partial charge in [-0.1, -0.05) is 11.6 Å². The molecule has 1 fully saturated rings. The lowest BCUT2D eigenvalue weighted by Crippen LogP contribution is -2.33. The lowest BCUT2D eigenvalue weighted by atomic mass is 9.73. The van der Waals surface area contributed by atoms with Crippen LogP contribution in [0, 0.1) is 5.92 Å². The monoisotopic (exact) mass is 573 g/mol. The molecule has 1 aliphatic carbocycles. The summed E-state index contributed by atoms with van der Waals surface area (Å²) in [7, 11) is 0.0363. The van der Waals surface area contributed by atoms with Crippen LogP contribution in [0.2, 0.25) is 5.02 Å². The van der Waals surface area contributed by atoms with E-state index in [1.165, 1.54) is 51.5 Å². The average molecular weight is 574 g/mol. The van der Waals surface area contributed by atoms with Crippen LogP contribution in [0.4, 0.5) is 8.78 Å². The third kappa shape index (κ3) is 5.27. The number of hydrogen-bond acceptors (Lipinski definition) is 11. The summed E-state index contributed by atoms with van der Waals surface area (Å²) in [5, 5.41) is 7.42. The number of ether oxygens (including phenoxy) is 3. The highest BCUT2D eigenvalue weighted by Gasteiger charge is 2.43. The first-order valence-corrected chi connectivity index (χ1v) is 13.6. The van der Waals surface area contributed by atoms with Gasteiger partial charge in [0.1, 0.15) is 24.0 Å². The van der Waals surface area contributed by atoms with Crippen molar-refractivity contribution in [1.29, 1.82) is 0 Å². The van der Waals surface area contributed by atoms with E-state index in [4.69, 9.17) is 25.8 Å². The van der Waals surface area contributed by atoms with Gasteiger partial charge < -0.3 is 14.2 Å². The van der Waals surface area contributed by atoms with E-state index in [2.05, 4.69) is 30.1 Å². The Morgan fingerprint density at radius 1 is 1.05 bits per heavy atom. The fourth-order valence-electron chi connectivity index (χ4n) is 4.37. The number of sulfone groups is 1. The fourth-order valence-corrected chi connectivity index (χ4v) is 5.89. The quantitative estimate of drug-likeness (QED) is 0.334. The van der Waals surface area contributed by atoms with Crippen molar-refractivity contribution in [2.75, 3.05) is 21.3 Å². The Kier molecular flexibility index (Phi) is 8.37. The molecule has 16 heteroatoms.